The maximum Gasteiger partial charge on any atom is 0.229 e. The Labute approximate surface area is 144 Å². The fraction of sp³-hybridized carbons (Fsp3) is 0.588. The van der Waals surface area contributed by atoms with E-state index in [0.717, 1.165) is 25.7 Å². The molecule has 6 heteroatoms. The molecule has 1 aliphatic rings. The zero-order valence-corrected chi connectivity index (χ0v) is 14.9. The number of amides is 1. The van der Waals surface area contributed by atoms with Crippen molar-refractivity contribution in [3.05, 3.63) is 18.2 Å². The molecule has 3 N–H and O–H groups in total. The number of halogens is 1. The zero-order chi connectivity index (χ0) is 16.2. The highest BCUT2D eigenvalue weighted by Crippen LogP contribution is 2.34. The summed E-state index contributed by atoms with van der Waals surface area (Å²) in [6, 6.07) is 5.40. The van der Waals surface area contributed by atoms with E-state index in [4.69, 9.17) is 15.2 Å². The number of anilines is 1. The summed E-state index contributed by atoms with van der Waals surface area (Å²) in [5.41, 5.74) is 6.57. The van der Waals surface area contributed by atoms with E-state index in [1.165, 1.54) is 0 Å². The van der Waals surface area contributed by atoms with Crippen LogP contribution in [0.5, 0.6) is 11.5 Å². The fourth-order valence-electron chi connectivity index (χ4n) is 3.04. The Morgan fingerprint density at radius 1 is 1.39 bits per heavy atom. The van der Waals surface area contributed by atoms with Gasteiger partial charge in [0.1, 0.15) is 0 Å². The van der Waals surface area contributed by atoms with Gasteiger partial charge in [0.05, 0.1) is 19.6 Å². The van der Waals surface area contributed by atoms with Gasteiger partial charge >= 0.3 is 0 Å². The van der Waals surface area contributed by atoms with Crippen LogP contribution in [0, 0.1) is 5.92 Å². The van der Waals surface area contributed by atoms with Crippen molar-refractivity contribution in [2.75, 3.05) is 19.0 Å². The summed E-state index contributed by atoms with van der Waals surface area (Å²) in [4.78, 5) is 12.5. The summed E-state index contributed by atoms with van der Waals surface area (Å²) in [7, 11) is 1.60. The van der Waals surface area contributed by atoms with Crippen LogP contribution in [0.1, 0.15) is 39.5 Å². The molecule has 2 atom stereocenters. The van der Waals surface area contributed by atoms with Gasteiger partial charge in [-0.05, 0) is 38.8 Å². The number of benzene rings is 1. The van der Waals surface area contributed by atoms with Gasteiger partial charge in [-0.15, -0.1) is 12.4 Å². The maximum atomic E-state index is 12.5. The van der Waals surface area contributed by atoms with Crippen LogP contribution in [0.3, 0.4) is 0 Å². The Balaban J connectivity index is 0.00000264. The second-order valence-corrected chi connectivity index (χ2v) is 6.09. The minimum atomic E-state index is -0.433. The Kier molecular flexibility index (Phi) is 7.16. The smallest absolute Gasteiger partial charge is 0.229 e. The fourth-order valence-corrected chi connectivity index (χ4v) is 3.04. The van der Waals surface area contributed by atoms with Crippen LogP contribution in [-0.2, 0) is 4.79 Å². The van der Waals surface area contributed by atoms with Gasteiger partial charge in [-0.3, -0.25) is 4.79 Å². The van der Waals surface area contributed by atoms with E-state index in [0.29, 0.717) is 23.8 Å². The van der Waals surface area contributed by atoms with E-state index in [9.17, 15) is 4.79 Å². The molecule has 2 rings (SSSR count). The third-order valence-corrected chi connectivity index (χ3v) is 4.30. The molecule has 1 saturated carbocycles. The second kappa shape index (κ2) is 8.41. The largest absolute Gasteiger partial charge is 0.493 e. The molecule has 0 saturated heterocycles. The Morgan fingerprint density at radius 3 is 2.74 bits per heavy atom. The summed E-state index contributed by atoms with van der Waals surface area (Å²) >= 11 is 0. The van der Waals surface area contributed by atoms with E-state index in [1.807, 2.05) is 19.9 Å². The van der Waals surface area contributed by atoms with E-state index in [2.05, 4.69) is 5.32 Å². The molecule has 1 fully saturated rings. The lowest BCUT2D eigenvalue weighted by molar-refractivity contribution is -0.122. The van der Waals surface area contributed by atoms with Gasteiger partial charge < -0.3 is 20.5 Å². The number of carbonyl (C=O) groups excluding carboxylic acids is 1. The lowest BCUT2D eigenvalue weighted by atomic mass is 9.74. The average Bonchev–Trinajstić information content (AvgIpc) is 2.47. The highest BCUT2D eigenvalue weighted by Gasteiger charge is 2.37. The predicted molar refractivity (Wildman–Crippen MR) is 94.6 cm³/mol. The molecule has 5 nitrogen and oxygen atoms in total. The van der Waals surface area contributed by atoms with E-state index in [1.54, 1.807) is 19.2 Å². The van der Waals surface area contributed by atoms with Gasteiger partial charge in [0.15, 0.2) is 11.5 Å². The molecule has 0 bridgehead atoms. The predicted octanol–water partition coefficient (Wildman–Crippen LogP) is 3.36. The number of hydrogen-bond acceptors (Lipinski definition) is 4. The van der Waals surface area contributed by atoms with Crippen LogP contribution in [0.4, 0.5) is 5.69 Å². The van der Waals surface area contributed by atoms with Crippen LogP contribution in [0.25, 0.3) is 0 Å². The van der Waals surface area contributed by atoms with Gasteiger partial charge in [0.25, 0.3) is 0 Å². The highest BCUT2D eigenvalue weighted by molar-refractivity contribution is 5.93. The van der Waals surface area contributed by atoms with Crippen LogP contribution in [-0.4, -0.2) is 25.2 Å². The van der Waals surface area contributed by atoms with Crippen molar-refractivity contribution in [1.29, 1.82) is 0 Å². The molecular formula is C17H27ClN2O3. The number of ether oxygens (including phenoxy) is 2. The number of hydrogen-bond donors (Lipinski definition) is 2. The number of nitrogens with two attached hydrogens (primary N) is 1. The number of rotatable bonds is 5. The Morgan fingerprint density at radius 2 is 2.13 bits per heavy atom. The third kappa shape index (κ3) is 4.75. The van der Waals surface area contributed by atoms with Crippen molar-refractivity contribution in [2.45, 2.75) is 45.1 Å². The average molecular weight is 343 g/mol. The lowest BCUT2D eigenvalue weighted by Gasteiger charge is -2.37. The number of carbonyl (C=O) groups is 1. The van der Waals surface area contributed by atoms with Crippen molar-refractivity contribution in [2.24, 2.45) is 11.7 Å². The first-order valence-corrected chi connectivity index (χ1v) is 7.88. The molecule has 1 aromatic rings. The minimum absolute atomic E-state index is 0. The number of methoxy groups -OCH3 is 1. The molecule has 1 aromatic carbocycles. The van der Waals surface area contributed by atoms with Crippen LogP contribution >= 0.6 is 12.4 Å². The number of nitrogens with one attached hydrogen (secondary N) is 1. The molecular weight excluding hydrogens is 316 g/mol. The molecule has 0 aliphatic heterocycles. The molecule has 2 unspecified atom stereocenters. The van der Waals surface area contributed by atoms with E-state index >= 15 is 0 Å². The molecule has 0 spiro atoms. The summed E-state index contributed by atoms with van der Waals surface area (Å²) in [5, 5.41) is 2.96. The van der Waals surface area contributed by atoms with Gasteiger partial charge in [-0.25, -0.2) is 0 Å². The van der Waals surface area contributed by atoms with Crippen LogP contribution in [0.15, 0.2) is 18.2 Å². The van der Waals surface area contributed by atoms with Crippen LogP contribution in [0.2, 0.25) is 0 Å². The van der Waals surface area contributed by atoms with Crippen molar-refractivity contribution in [3.63, 3.8) is 0 Å². The monoisotopic (exact) mass is 342 g/mol. The molecule has 1 aliphatic carbocycles. The first-order valence-electron chi connectivity index (χ1n) is 7.88. The Hall–Kier alpha value is -1.46. The molecule has 1 amide bonds. The molecule has 0 aromatic heterocycles. The van der Waals surface area contributed by atoms with E-state index in [-0.39, 0.29) is 24.2 Å². The first-order chi connectivity index (χ1) is 10.5. The van der Waals surface area contributed by atoms with Crippen molar-refractivity contribution < 1.29 is 14.3 Å². The van der Waals surface area contributed by atoms with Gasteiger partial charge in [-0.2, -0.15) is 0 Å². The standard InChI is InChI=1S/C17H26N2O3.ClH/c1-4-22-15-11-12(8-9-14(15)21-3)19-16(20)13-7-5-6-10-17(13,2)18;/h8-9,11,13H,4-7,10,18H2,1-3H3,(H,19,20);1H. The highest BCUT2D eigenvalue weighted by atomic mass is 35.5. The maximum absolute atomic E-state index is 12.5. The molecule has 130 valence electrons. The van der Waals surface area contributed by atoms with Crippen molar-refractivity contribution in [1.82, 2.24) is 0 Å². The van der Waals surface area contributed by atoms with Crippen molar-refractivity contribution >= 4 is 24.0 Å². The van der Waals surface area contributed by atoms with Gasteiger partial charge in [-0.1, -0.05) is 12.8 Å². The topological polar surface area (TPSA) is 73.6 Å². The van der Waals surface area contributed by atoms with E-state index < -0.39 is 5.54 Å². The summed E-state index contributed by atoms with van der Waals surface area (Å²) in [6.07, 6.45) is 3.87. The lowest BCUT2D eigenvalue weighted by Crippen LogP contribution is -2.51. The zero-order valence-electron chi connectivity index (χ0n) is 14.1. The third-order valence-electron chi connectivity index (χ3n) is 4.30. The van der Waals surface area contributed by atoms with Gasteiger partial charge in [0, 0.05) is 17.3 Å². The van der Waals surface area contributed by atoms with Crippen LogP contribution < -0.4 is 20.5 Å². The molecule has 23 heavy (non-hydrogen) atoms. The first kappa shape index (κ1) is 19.6. The minimum Gasteiger partial charge on any atom is -0.493 e. The summed E-state index contributed by atoms with van der Waals surface area (Å²) < 4.78 is 10.8. The SMILES string of the molecule is CCOc1cc(NC(=O)C2CCCCC2(C)N)ccc1OC.Cl. The second-order valence-electron chi connectivity index (χ2n) is 6.09. The molecule has 0 heterocycles. The van der Waals surface area contributed by atoms with Crippen molar-refractivity contribution in [3.8, 4) is 11.5 Å². The summed E-state index contributed by atoms with van der Waals surface area (Å²) in [5.74, 6) is 1.11. The Bertz CT molecular complexity index is 535. The normalized spacial score (nSPS) is 23.6. The van der Waals surface area contributed by atoms with Gasteiger partial charge in [0.2, 0.25) is 5.91 Å². The molecule has 0 radical (unpaired) electrons. The quantitative estimate of drug-likeness (QED) is 0.860. The summed E-state index contributed by atoms with van der Waals surface area (Å²) in [6.45, 7) is 4.42.